The van der Waals surface area contributed by atoms with Gasteiger partial charge in [-0.25, -0.2) is 4.39 Å². The fourth-order valence-corrected chi connectivity index (χ4v) is 1.21. The Bertz CT molecular complexity index is 333. The maximum absolute atomic E-state index is 12.7. The zero-order valence-corrected chi connectivity index (χ0v) is 9.29. The molecule has 0 bridgehead atoms. The lowest BCUT2D eigenvalue weighted by molar-refractivity contribution is -0.0557. The summed E-state index contributed by atoms with van der Waals surface area (Å²) >= 11 is 0. The normalized spacial score (nSPS) is 16.1. The van der Waals surface area contributed by atoms with E-state index in [0.29, 0.717) is 12.2 Å². The number of aromatic nitrogens is 1. The summed E-state index contributed by atoms with van der Waals surface area (Å²) in [5.41, 5.74) is 4.34. The number of hydrogen-bond acceptors (Lipinski definition) is 3. The van der Waals surface area contributed by atoms with Crippen LogP contribution in [0.2, 0.25) is 0 Å². The van der Waals surface area contributed by atoms with Crippen LogP contribution in [0.3, 0.4) is 0 Å². The molecule has 1 heterocycles. The van der Waals surface area contributed by atoms with E-state index in [-0.39, 0.29) is 0 Å². The van der Waals surface area contributed by atoms with Crippen molar-refractivity contribution in [2.75, 3.05) is 6.54 Å². The van der Waals surface area contributed by atoms with Crippen LogP contribution in [-0.4, -0.2) is 16.6 Å². The van der Waals surface area contributed by atoms with Crippen LogP contribution in [0.5, 0.6) is 0 Å². The number of halogens is 1. The van der Waals surface area contributed by atoms with E-state index in [1.54, 1.807) is 6.92 Å². The molecule has 1 aromatic heterocycles. The average Bonchev–Trinajstić information content (AvgIpc) is 2.18. The van der Waals surface area contributed by atoms with E-state index in [1.807, 2.05) is 13.8 Å². The molecule has 0 aliphatic carbocycles. The van der Waals surface area contributed by atoms with Gasteiger partial charge >= 0.3 is 0 Å². The van der Waals surface area contributed by atoms with Crippen LogP contribution in [0.4, 0.5) is 4.39 Å². The Morgan fingerprint density at radius 3 is 2.40 bits per heavy atom. The highest BCUT2D eigenvalue weighted by atomic mass is 19.1. The van der Waals surface area contributed by atoms with Crippen LogP contribution in [-0.2, 0) is 5.60 Å². The maximum Gasteiger partial charge on any atom is 0.141 e. The van der Waals surface area contributed by atoms with Crippen molar-refractivity contribution in [2.24, 2.45) is 11.1 Å². The summed E-state index contributed by atoms with van der Waals surface area (Å²) in [4.78, 5) is 3.88. The fraction of sp³-hybridized carbons (Fsp3) is 0.545. The zero-order valence-electron chi connectivity index (χ0n) is 9.29. The molecular formula is C11H17FN2O. The lowest BCUT2D eigenvalue weighted by atomic mass is 9.74. The molecule has 0 aromatic carbocycles. The van der Waals surface area contributed by atoms with Gasteiger partial charge in [0, 0.05) is 12.0 Å². The smallest absolute Gasteiger partial charge is 0.141 e. The second kappa shape index (κ2) is 3.87. The van der Waals surface area contributed by atoms with E-state index in [9.17, 15) is 9.50 Å². The molecule has 1 atom stereocenters. The Morgan fingerprint density at radius 2 is 2.00 bits per heavy atom. The number of nitrogens with two attached hydrogens (primary N) is 1. The van der Waals surface area contributed by atoms with Crippen LogP contribution >= 0.6 is 0 Å². The fourth-order valence-electron chi connectivity index (χ4n) is 1.21. The van der Waals surface area contributed by atoms with Crippen LogP contribution in [0.15, 0.2) is 18.3 Å². The minimum Gasteiger partial charge on any atom is -0.383 e. The lowest BCUT2D eigenvalue weighted by Crippen LogP contribution is -2.44. The predicted molar refractivity (Wildman–Crippen MR) is 56.6 cm³/mol. The van der Waals surface area contributed by atoms with Gasteiger partial charge in [-0.3, -0.25) is 4.98 Å². The molecule has 0 amide bonds. The van der Waals surface area contributed by atoms with Crippen LogP contribution < -0.4 is 5.73 Å². The third-order valence-electron chi connectivity index (χ3n) is 3.05. The molecule has 15 heavy (non-hydrogen) atoms. The van der Waals surface area contributed by atoms with Crippen molar-refractivity contribution in [3.63, 3.8) is 0 Å². The van der Waals surface area contributed by atoms with Gasteiger partial charge in [0.05, 0.1) is 11.9 Å². The Kier molecular flexibility index (Phi) is 3.11. The third-order valence-corrected chi connectivity index (χ3v) is 3.05. The summed E-state index contributed by atoms with van der Waals surface area (Å²) in [6, 6.07) is 2.76. The molecule has 3 N–H and O–H groups in total. The highest BCUT2D eigenvalue weighted by Crippen LogP contribution is 2.37. The lowest BCUT2D eigenvalue weighted by Gasteiger charge is -2.38. The minimum absolute atomic E-state index is 0.319. The first-order chi connectivity index (χ1) is 6.81. The monoisotopic (exact) mass is 212 g/mol. The molecule has 4 heteroatoms. The molecule has 0 spiro atoms. The molecule has 0 saturated carbocycles. The number of rotatable bonds is 3. The predicted octanol–water partition coefficient (Wildman–Crippen LogP) is 1.41. The van der Waals surface area contributed by atoms with Crippen molar-refractivity contribution in [2.45, 2.75) is 26.4 Å². The molecule has 1 aromatic rings. The standard InChI is InChI=1S/C11H17FN2O/c1-10(2,7-13)11(3,15)9-5-4-8(12)6-14-9/h4-6,15H,7,13H2,1-3H3. The third kappa shape index (κ3) is 2.16. The van der Waals surface area contributed by atoms with E-state index in [1.165, 1.54) is 12.1 Å². The van der Waals surface area contributed by atoms with Gasteiger partial charge in [-0.1, -0.05) is 13.8 Å². The number of hydrogen-bond donors (Lipinski definition) is 2. The first-order valence-electron chi connectivity index (χ1n) is 4.86. The highest BCUT2D eigenvalue weighted by molar-refractivity contribution is 5.16. The maximum atomic E-state index is 12.7. The first kappa shape index (κ1) is 12.1. The largest absolute Gasteiger partial charge is 0.383 e. The molecule has 0 saturated heterocycles. The highest BCUT2D eigenvalue weighted by Gasteiger charge is 2.40. The Labute approximate surface area is 89.1 Å². The molecular weight excluding hydrogens is 195 g/mol. The van der Waals surface area contributed by atoms with Crippen LogP contribution in [0.1, 0.15) is 26.5 Å². The number of aliphatic hydroxyl groups is 1. The van der Waals surface area contributed by atoms with Gasteiger partial charge < -0.3 is 10.8 Å². The van der Waals surface area contributed by atoms with Gasteiger partial charge in [-0.05, 0) is 19.1 Å². The van der Waals surface area contributed by atoms with Gasteiger partial charge in [0.25, 0.3) is 0 Å². The molecule has 1 rings (SSSR count). The number of pyridine rings is 1. The molecule has 0 radical (unpaired) electrons. The Hall–Kier alpha value is -1.00. The van der Waals surface area contributed by atoms with Crippen molar-refractivity contribution in [1.29, 1.82) is 0 Å². The van der Waals surface area contributed by atoms with Crippen LogP contribution in [0, 0.1) is 11.2 Å². The van der Waals surface area contributed by atoms with E-state index in [2.05, 4.69) is 4.98 Å². The SMILES string of the molecule is CC(C)(CN)C(C)(O)c1ccc(F)cn1. The minimum atomic E-state index is -1.17. The van der Waals surface area contributed by atoms with Crippen molar-refractivity contribution in [3.8, 4) is 0 Å². The second-order valence-electron chi connectivity index (χ2n) is 4.52. The first-order valence-corrected chi connectivity index (χ1v) is 4.86. The molecule has 1 unspecified atom stereocenters. The average molecular weight is 212 g/mol. The van der Waals surface area contributed by atoms with Gasteiger partial charge in [0.1, 0.15) is 11.4 Å². The molecule has 0 aliphatic heterocycles. The van der Waals surface area contributed by atoms with Crippen molar-refractivity contribution in [1.82, 2.24) is 4.98 Å². The summed E-state index contributed by atoms with van der Waals surface area (Å²) in [5, 5.41) is 10.3. The van der Waals surface area contributed by atoms with E-state index in [0.717, 1.165) is 6.20 Å². The summed E-state index contributed by atoms with van der Waals surface area (Å²) < 4.78 is 12.7. The van der Waals surface area contributed by atoms with Crippen molar-refractivity contribution in [3.05, 3.63) is 29.8 Å². The van der Waals surface area contributed by atoms with Gasteiger partial charge in [0.15, 0.2) is 0 Å². The van der Waals surface area contributed by atoms with Gasteiger partial charge in [0.2, 0.25) is 0 Å². The van der Waals surface area contributed by atoms with Crippen molar-refractivity contribution >= 4 is 0 Å². The second-order valence-corrected chi connectivity index (χ2v) is 4.52. The van der Waals surface area contributed by atoms with Crippen molar-refractivity contribution < 1.29 is 9.50 Å². The molecule has 84 valence electrons. The summed E-state index contributed by atoms with van der Waals surface area (Å²) in [6.07, 6.45) is 1.09. The summed E-state index contributed by atoms with van der Waals surface area (Å²) in [5.74, 6) is -0.417. The molecule has 3 nitrogen and oxygen atoms in total. The van der Waals surface area contributed by atoms with E-state index >= 15 is 0 Å². The van der Waals surface area contributed by atoms with Gasteiger partial charge in [-0.15, -0.1) is 0 Å². The van der Waals surface area contributed by atoms with E-state index < -0.39 is 16.8 Å². The molecule has 0 fully saturated rings. The zero-order chi connectivity index (χ0) is 11.7. The Morgan fingerprint density at radius 1 is 1.40 bits per heavy atom. The van der Waals surface area contributed by atoms with Crippen LogP contribution in [0.25, 0.3) is 0 Å². The topological polar surface area (TPSA) is 59.1 Å². The Balaban J connectivity index is 3.10. The molecule has 0 aliphatic rings. The quantitative estimate of drug-likeness (QED) is 0.796. The van der Waals surface area contributed by atoms with E-state index in [4.69, 9.17) is 5.73 Å². The van der Waals surface area contributed by atoms with Gasteiger partial charge in [-0.2, -0.15) is 0 Å². The summed E-state index contributed by atoms with van der Waals surface area (Å²) in [7, 11) is 0. The number of nitrogens with zero attached hydrogens (tertiary/aromatic N) is 1. The summed E-state index contributed by atoms with van der Waals surface area (Å²) in [6.45, 7) is 5.65.